The van der Waals surface area contributed by atoms with E-state index in [2.05, 4.69) is 5.32 Å². The van der Waals surface area contributed by atoms with Gasteiger partial charge >= 0.3 is 0 Å². The van der Waals surface area contributed by atoms with Crippen LogP contribution in [0.1, 0.15) is 5.56 Å². The largest absolute Gasteiger partial charge is 0.398 e. The maximum atomic E-state index is 10.6. The topological polar surface area (TPSA) is 81.2 Å². The molecule has 0 spiro atoms. The van der Waals surface area contributed by atoms with Crippen LogP contribution in [0, 0.1) is 10.1 Å². The van der Waals surface area contributed by atoms with Crippen molar-refractivity contribution in [2.45, 2.75) is 6.54 Å². The van der Waals surface area contributed by atoms with Crippen LogP contribution in [0.3, 0.4) is 0 Å². The Labute approximate surface area is 86.0 Å². The van der Waals surface area contributed by atoms with Crippen molar-refractivity contribution in [2.24, 2.45) is 0 Å². The van der Waals surface area contributed by atoms with Crippen LogP contribution in [0.2, 0.25) is 5.02 Å². The third kappa shape index (κ3) is 2.12. The van der Waals surface area contributed by atoms with Gasteiger partial charge in [-0.15, -0.1) is 0 Å². The Morgan fingerprint density at radius 2 is 2.29 bits per heavy atom. The number of halogens is 1. The van der Waals surface area contributed by atoms with Gasteiger partial charge in [-0.05, 0) is 13.1 Å². The number of nitrogens with two attached hydrogens (primary N) is 1. The van der Waals surface area contributed by atoms with Crippen LogP contribution in [0.15, 0.2) is 12.1 Å². The molecule has 1 aromatic carbocycles. The van der Waals surface area contributed by atoms with E-state index in [-0.39, 0.29) is 10.7 Å². The zero-order valence-corrected chi connectivity index (χ0v) is 8.34. The quantitative estimate of drug-likeness (QED) is 0.455. The Morgan fingerprint density at radius 1 is 1.64 bits per heavy atom. The van der Waals surface area contributed by atoms with Gasteiger partial charge in [-0.2, -0.15) is 0 Å². The second-order valence-electron chi connectivity index (χ2n) is 2.79. The molecule has 0 aliphatic carbocycles. The number of hydrogen-bond acceptors (Lipinski definition) is 4. The molecule has 0 radical (unpaired) electrons. The Bertz CT molecular complexity index is 368. The summed E-state index contributed by atoms with van der Waals surface area (Å²) in [5, 5.41) is 13.7. The number of benzene rings is 1. The number of nitrogens with one attached hydrogen (secondary N) is 1. The first-order valence-electron chi connectivity index (χ1n) is 3.93. The van der Waals surface area contributed by atoms with Crippen LogP contribution >= 0.6 is 11.6 Å². The predicted molar refractivity (Wildman–Crippen MR) is 55.3 cm³/mol. The minimum Gasteiger partial charge on any atom is -0.398 e. The van der Waals surface area contributed by atoms with E-state index < -0.39 is 4.92 Å². The van der Waals surface area contributed by atoms with Crippen LogP contribution in [0.4, 0.5) is 11.4 Å². The lowest BCUT2D eigenvalue weighted by Gasteiger charge is -2.04. The molecule has 0 saturated carbocycles. The lowest BCUT2D eigenvalue weighted by molar-refractivity contribution is -0.385. The van der Waals surface area contributed by atoms with Crippen LogP contribution in [0.5, 0.6) is 0 Å². The standard InChI is InChI=1S/C8H10ClN3O2/c1-11-4-5-2-7(10)6(9)3-8(5)12(13)14/h2-3,11H,4,10H2,1H3. The first kappa shape index (κ1) is 10.7. The maximum Gasteiger partial charge on any atom is 0.275 e. The fourth-order valence-corrected chi connectivity index (χ4v) is 1.29. The lowest BCUT2D eigenvalue weighted by atomic mass is 10.1. The summed E-state index contributed by atoms with van der Waals surface area (Å²) in [4.78, 5) is 10.2. The molecule has 0 aliphatic heterocycles. The molecule has 14 heavy (non-hydrogen) atoms. The van der Waals surface area contributed by atoms with Crippen LogP contribution < -0.4 is 11.1 Å². The molecule has 1 aromatic rings. The number of nitro groups is 1. The summed E-state index contributed by atoms with van der Waals surface area (Å²) in [5.41, 5.74) is 6.40. The number of nitro benzene ring substituents is 1. The summed E-state index contributed by atoms with van der Waals surface area (Å²) in [5.74, 6) is 0. The smallest absolute Gasteiger partial charge is 0.275 e. The molecular formula is C8H10ClN3O2. The average Bonchev–Trinajstić information content (AvgIpc) is 2.11. The molecule has 0 aliphatic rings. The molecule has 0 bridgehead atoms. The number of hydrogen-bond donors (Lipinski definition) is 2. The number of nitrogens with zero attached hydrogens (tertiary/aromatic N) is 1. The van der Waals surface area contributed by atoms with Gasteiger partial charge in [0.15, 0.2) is 0 Å². The van der Waals surface area contributed by atoms with Gasteiger partial charge in [-0.25, -0.2) is 0 Å². The van der Waals surface area contributed by atoms with Crippen molar-refractivity contribution in [3.8, 4) is 0 Å². The van der Waals surface area contributed by atoms with Crippen molar-refractivity contribution in [1.82, 2.24) is 5.32 Å². The van der Waals surface area contributed by atoms with Crippen molar-refractivity contribution in [1.29, 1.82) is 0 Å². The van der Waals surface area contributed by atoms with Crippen LogP contribution in [-0.2, 0) is 6.54 Å². The molecule has 6 heteroatoms. The van der Waals surface area contributed by atoms with Crippen LogP contribution in [-0.4, -0.2) is 12.0 Å². The molecule has 0 heterocycles. The Hall–Kier alpha value is -1.33. The molecule has 0 atom stereocenters. The fourth-order valence-electron chi connectivity index (χ4n) is 1.13. The van der Waals surface area contributed by atoms with E-state index >= 15 is 0 Å². The minimum atomic E-state index is -0.474. The second kappa shape index (κ2) is 4.26. The average molecular weight is 216 g/mol. The zero-order chi connectivity index (χ0) is 10.7. The molecule has 3 N–H and O–H groups in total. The minimum absolute atomic E-state index is 0.0152. The number of anilines is 1. The summed E-state index contributed by atoms with van der Waals surface area (Å²) in [6, 6.07) is 2.78. The highest BCUT2D eigenvalue weighted by Crippen LogP contribution is 2.28. The molecule has 76 valence electrons. The van der Waals surface area contributed by atoms with E-state index in [1.807, 2.05) is 0 Å². The van der Waals surface area contributed by atoms with Gasteiger partial charge in [0, 0.05) is 18.2 Å². The maximum absolute atomic E-state index is 10.6. The highest BCUT2D eigenvalue weighted by atomic mass is 35.5. The first-order chi connectivity index (χ1) is 6.56. The van der Waals surface area contributed by atoms with E-state index in [1.165, 1.54) is 12.1 Å². The summed E-state index contributed by atoms with van der Waals surface area (Å²) >= 11 is 5.68. The van der Waals surface area contributed by atoms with E-state index in [1.54, 1.807) is 7.05 Å². The molecule has 5 nitrogen and oxygen atoms in total. The third-order valence-corrected chi connectivity index (χ3v) is 2.09. The summed E-state index contributed by atoms with van der Waals surface area (Å²) in [6.07, 6.45) is 0. The van der Waals surface area contributed by atoms with Gasteiger partial charge < -0.3 is 11.1 Å². The van der Waals surface area contributed by atoms with Crippen molar-refractivity contribution in [3.05, 3.63) is 32.8 Å². The van der Waals surface area contributed by atoms with Crippen LogP contribution in [0.25, 0.3) is 0 Å². The third-order valence-electron chi connectivity index (χ3n) is 1.76. The van der Waals surface area contributed by atoms with Gasteiger partial charge in [0.1, 0.15) is 0 Å². The van der Waals surface area contributed by atoms with Gasteiger partial charge in [0.25, 0.3) is 5.69 Å². The van der Waals surface area contributed by atoms with Crippen molar-refractivity contribution in [2.75, 3.05) is 12.8 Å². The lowest BCUT2D eigenvalue weighted by Crippen LogP contribution is -2.08. The molecule has 0 unspecified atom stereocenters. The summed E-state index contributed by atoms with van der Waals surface area (Å²) < 4.78 is 0. The normalized spacial score (nSPS) is 10.1. The zero-order valence-electron chi connectivity index (χ0n) is 7.58. The van der Waals surface area contributed by atoms with Gasteiger partial charge in [-0.3, -0.25) is 10.1 Å². The monoisotopic (exact) mass is 215 g/mol. The van der Waals surface area contributed by atoms with E-state index in [0.717, 1.165) is 0 Å². The molecule has 1 rings (SSSR count). The van der Waals surface area contributed by atoms with Gasteiger partial charge in [0.05, 0.1) is 15.6 Å². The SMILES string of the molecule is CNCc1cc(N)c(Cl)cc1[N+](=O)[O-]. The summed E-state index contributed by atoms with van der Waals surface area (Å²) in [6.45, 7) is 0.387. The molecule has 0 amide bonds. The highest BCUT2D eigenvalue weighted by Gasteiger charge is 2.15. The van der Waals surface area contributed by atoms with Gasteiger partial charge in [0.2, 0.25) is 0 Å². The predicted octanol–water partition coefficient (Wildman–Crippen LogP) is 1.55. The van der Waals surface area contributed by atoms with Crippen molar-refractivity contribution >= 4 is 23.0 Å². The molecule has 0 saturated heterocycles. The van der Waals surface area contributed by atoms with Crippen molar-refractivity contribution in [3.63, 3.8) is 0 Å². The first-order valence-corrected chi connectivity index (χ1v) is 4.31. The molecular weight excluding hydrogens is 206 g/mol. The number of rotatable bonds is 3. The van der Waals surface area contributed by atoms with E-state index in [4.69, 9.17) is 17.3 Å². The summed E-state index contributed by atoms with van der Waals surface area (Å²) in [7, 11) is 1.70. The van der Waals surface area contributed by atoms with E-state index in [0.29, 0.717) is 17.8 Å². The molecule has 0 fully saturated rings. The Morgan fingerprint density at radius 3 is 2.79 bits per heavy atom. The Kier molecular flexibility index (Phi) is 3.27. The Balaban J connectivity index is 3.24. The highest BCUT2D eigenvalue weighted by molar-refractivity contribution is 6.33. The number of nitrogen functional groups attached to an aromatic ring is 1. The van der Waals surface area contributed by atoms with Crippen molar-refractivity contribution < 1.29 is 4.92 Å². The van der Waals surface area contributed by atoms with Gasteiger partial charge in [-0.1, -0.05) is 11.6 Å². The second-order valence-corrected chi connectivity index (χ2v) is 3.20. The van der Waals surface area contributed by atoms with E-state index in [9.17, 15) is 10.1 Å². The fraction of sp³-hybridized carbons (Fsp3) is 0.250. The molecule has 0 aromatic heterocycles.